The summed E-state index contributed by atoms with van der Waals surface area (Å²) in [6.07, 6.45) is 79.6. The minimum Gasteiger partial charge on any atom is -0.0654 e. The summed E-state index contributed by atoms with van der Waals surface area (Å²) in [7, 11) is -0.761. The van der Waals surface area contributed by atoms with Gasteiger partial charge in [-0.2, -0.15) is 0 Å². The number of hydrogen-bond acceptors (Lipinski definition) is 0. The summed E-state index contributed by atoms with van der Waals surface area (Å²) in [4.78, 5) is 0. The largest absolute Gasteiger partial charge is 0.0654 e. The predicted octanol–water partition coefficient (Wildman–Crippen LogP) is 22.2. The third-order valence-electron chi connectivity index (χ3n) is 14.2. The molecular weight excluding hydrogens is 716 g/mol. The summed E-state index contributed by atoms with van der Waals surface area (Å²) < 4.78 is 0. The minimum atomic E-state index is -0.761. The fourth-order valence-electron chi connectivity index (χ4n) is 10.1. The zero-order valence-electron chi connectivity index (χ0n) is 41.9. The van der Waals surface area contributed by atoms with Crippen molar-refractivity contribution < 1.29 is 0 Å². The van der Waals surface area contributed by atoms with Crippen molar-refractivity contribution in [2.75, 3.05) is 24.6 Å². The molecule has 0 radical (unpaired) electrons. The Morgan fingerprint density at radius 1 is 0.138 bits per heavy atom. The van der Waals surface area contributed by atoms with E-state index in [0.29, 0.717) is 0 Å². The molecule has 0 saturated carbocycles. The van der Waals surface area contributed by atoms with Crippen LogP contribution in [0.25, 0.3) is 0 Å². The third-order valence-corrected chi connectivity index (χ3v) is 19.3. The van der Waals surface area contributed by atoms with Gasteiger partial charge < -0.3 is 0 Å². The lowest BCUT2D eigenvalue weighted by atomic mass is 10.0. The first kappa shape index (κ1) is 58.4. The van der Waals surface area contributed by atoms with E-state index in [-0.39, 0.29) is 0 Å². The molecule has 0 nitrogen and oxygen atoms in total. The van der Waals surface area contributed by atoms with Crippen LogP contribution >= 0.6 is 7.26 Å². The molecular formula is C57H118P+. The van der Waals surface area contributed by atoms with E-state index in [0.717, 1.165) is 0 Å². The van der Waals surface area contributed by atoms with E-state index in [1.54, 1.807) is 43.9 Å². The van der Waals surface area contributed by atoms with Crippen LogP contribution in [0.4, 0.5) is 0 Å². The smallest absolute Gasteiger partial charge is 0.0594 e. The molecule has 1 heteroatoms. The summed E-state index contributed by atoms with van der Waals surface area (Å²) in [5.74, 6) is 0. The zero-order valence-corrected chi connectivity index (χ0v) is 42.8. The molecule has 0 aliphatic rings. The fraction of sp³-hybridized carbons (Fsp3) is 1.00. The van der Waals surface area contributed by atoms with Gasteiger partial charge in [0.1, 0.15) is 0 Å². The number of rotatable bonds is 53. The molecule has 0 heterocycles. The van der Waals surface area contributed by atoms with Gasteiger partial charge >= 0.3 is 0 Å². The van der Waals surface area contributed by atoms with Gasteiger partial charge in [0.05, 0.1) is 24.6 Å². The molecule has 0 aromatic rings. The van der Waals surface area contributed by atoms with E-state index in [4.69, 9.17) is 0 Å². The van der Waals surface area contributed by atoms with Crippen molar-refractivity contribution >= 4 is 7.26 Å². The van der Waals surface area contributed by atoms with Gasteiger partial charge in [0.2, 0.25) is 0 Å². The lowest BCUT2D eigenvalue weighted by Gasteiger charge is -2.28. The van der Waals surface area contributed by atoms with Crippen molar-refractivity contribution in [3.8, 4) is 0 Å². The van der Waals surface area contributed by atoms with Crippen LogP contribution in [0, 0.1) is 0 Å². The first-order valence-electron chi connectivity index (χ1n) is 28.6. The van der Waals surface area contributed by atoms with Crippen LogP contribution in [0.15, 0.2) is 0 Å². The Labute approximate surface area is 372 Å². The summed E-state index contributed by atoms with van der Waals surface area (Å²) in [5, 5.41) is 0. The maximum Gasteiger partial charge on any atom is 0.0594 e. The summed E-state index contributed by atoms with van der Waals surface area (Å²) in [6, 6.07) is 0. The van der Waals surface area contributed by atoms with Crippen LogP contribution in [0.5, 0.6) is 0 Å². The Morgan fingerprint density at radius 3 is 0.414 bits per heavy atom. The van der Waals surface area contributed by atoms with Gasteiger partial charge in [-0.15, -0.1) is 0 Å². The van der Waals surface area contributed by atoms with Gasteiger partial charge in [-0.05, 0) is 44.9 Å². The Kier molecular flexibility index (Phi) is 52.2. The van der Waals surface area contributed by atoms with Crippen LogP contribution in [0.1, 0.15) is 342 Å². The molecule has 0 saturated heterocycles. The van der Waals surface area contributed by atoms with Crippen LogP contribution in [0.3, 0.4) is 0 Å². The fourth-order valence-corrected chi connectivity index (χ4v) is 15.1. The second-order valence-electron chi connectivity index (χ2n) is 20.1. The standard InChI is InChI=1S/C57H118P/c1-5-9-12-15-18-21-24-27-30-33-36-39-42-45-48-51-55-58(54-8-4,56-52-49-46-43-40-37-34-31-28-25-22-19-16-13-10-6-2)57-53-50-47-44-41-38-35-32-29-26-23-20-17-14-11-7-3/h5-57H2,1-4H3/q+1. The lowest BCUT2D eigenvalue weighted by Crippen LogP contribution is -2.13. The molecule has 350 valence electrons. The average Bonchev–Trinajstić information content (AvgIpc) is 3.23. The quantitative estimate of drug-likeness (QED) is 0.0423. The average molecular weight is 835 g/mol. The van der Waals surface area contributed by atoms with Gasteiger partial charge in [-0.1, -0.05) is 297 Å². The van der Waals surface area contributed by atoms with E-state index < -0.39 is 7.26 Å². The van der Waals surface area contributed by atoms with E-state index in [9.17, 15) is 0 Å². The molecule has 0 aromatic heterocycles. The number of hydrogen-bond donors (Lipinski definition) is 0. The van der Waals surface area contributed by atoms with Crippen LogP contribution in [-0.4, -0.2) is 24.6 Å². The molecule has 0 N–H and O–H groups in total. The first-order valence-corrected chi connectivity index (χ1v) is 31.1. The van der Waals surface area contributed by atoms with Gasteiger partial charge in [-0.3, -0.25) is 0 Å². The van der Waals surface area contributed by atoms with Gasteiger partial charge in [0, 0.05) is 7.26 Å². The highest BCUT2D eigenvalue weighted by atomic mass is 31.2. The Bertz CT molecular complexity index is 611. The van der Waals surface area contributed by atoms with Crippen LogP contribution < -0.4 is 0 Å². The van der Waals surface area contributed by atoms with E-state index in [1.165, 1.54) is 295 Å². The maximum absolute atomic E-state index is 2.52. The topological polar surface area (TPSA) is 0 Å². The summed E-state index contributed by atoms with van der Waals surface area (Å²) in [6.45, 7) is 9.49. The monoisotopic (exact) mass is 834 g/mol. The number of unbranched alkanes of at least 4 members (excludes halogenated alkanes) is 45. The second-order valence-corrected chi connectivity index (χ2v) is 24.6. The highest BCUT2D eigenvalue weighted by Crippen LogP contribution is 2.61. The molecule has 0 rings (SSSR count). The minimum absolute atomic E-state index is 0.761. The van der Waals surface area contributed by atoms with Gasteiger partial charge in [0.15, 0.2) is 0 Å². The molecule has 0 amide bonds. The third kappa shape index (κ3) is 45.9. The maximum atomic E-state index is 2.52. The first-order chi connectivity index (χ1) is 28.7. The van der Waals surface area contributed by atoms with Crippen molar-refractivity contribution in [2.45, 2.75) is 342 Å². The molecule has 0 bridgehead atoms. The summed E-state index contributed by atoms with van der Waals surface area (Å²) in [5.41, 5.74) is 0. The molecule has 0 atom stereocenters. The van der Waals surface area contributed by atoms with Crippen molar-refractivity contribution in [1.29, 1.82) is 0 Å². The Hall–Kier alpha value is 0.430. The van der Waals surface area contributed by atoms with Crippen molar-refractivity contribution in [2.24, 2.45) is 0 Å². The lowest BCUT2D eigenvalue weighted by molar-refractivity contribution is 0.530. The normalized spacial score (nSPS) is 12.0. The highest BCUT2D eigenvalue weighted by molar-refractivity contribution is 7.75. The summed E-state index contributed by atoms with van der Waals surface area (Å²) >= 11 is 0. The van der Waals surface area contributed by atoms with Crippen molar-refractivity contribution in [1.82, 2.24) is 0 Å². The van der Waals surface area contributed by atoms with E-state index in [2.05, 4.69) is 27.7 Å². The van der Waals surface area contributed by atoms with Crippen LogP contribution in [-0.2, 0) is 0 Å². The molecule has 0 unspecified atom stereocenters. The molecule has 0 aromatic carbocycles. The van der Waals surface area contributed by atoms with Crippen molar-refractivity contribution in [3.63, 3.8) is 0 Å². The Morgan fingerprint density at radius 2 is 0.276 bits per heavy atom. The second kappa shape index (κ2) is 51.8. The zero-order chi connectivity index (χ0) is 42.0. The SMILES string of the molecule is CCCCCCCCCCCCCCCCCC[P+](CCC)(CCCCCCCCCCCCCCCCCC)CCCCCCCCCCCCCCCCCC. The molecule has 58 heavy (non-hydrogen) atoms. The molecule has 0 fully saturated rings. The van der Waals surface area contributed by atoms with Gasteiger partial charge in [-0.25, -0.2) is 0 Å². The van der Waals surface area contributed by atoms with E-state index in [1.807, 2.05) is 0 Å². The van der Waals surface area contributed by atoms with Gasteiger partial charge in [0.25, 0.3) is 0 Å². The molecule has 0 spiro atoms. The van der Waals surface area contributed by atoms with Crippen LogP contribution in [0.2, 0.25) is 0 Å². The molecule has 0 aliphatic heterocycles. The van der Waals surface area contributed by atoms with E-state index >= 15 is 0 Å². The predicted molar refractivity (Wildman–Crippen MR) is 275 cm³/mol. The van der Waals surface area contributed by atoms with Crippen molar-refractivity contribution in [3.05, 3.63) is 0 Å². The Balaban J connectivity index is 4.30. The highest BCUT2D eigenvalue weighted by Gasteiger charge is 2.34. The molecule has 0 aliphatic carbocycles.